The second kappa shape index (κ2) is 7.50. The van der Waals surface area contributed by atoms with Crippen LogP contribution in [0.1, 0.15) is 6.92 Å². The molecule has 128 valence electrons. The summed E-state index contributed by atoms with van der Waals surface area (Å²) in [7, 11) is -3.82. The van der Waals surface area contributed by atoms with Crippen molar-refractivity contribution in [2.45, 2.75) is 11.8 Å². The SMILES string of the molecule is CC(=O)N(CCNS(=O)(=O)c1ccc(F)cc1)c1cccc(F)c1. The molecule has 0 radical (unpaired) electrons. The van der Waals surface area contributed by atoms with E-state index in [4.69, 9.17) is 0 Å². The van der Waals surface area contributed by atoms with Crippen molar-refractivity contribution in [2.24, 2.45) is 0 Å². The van der Waals surface area contributed by atoms with E-state index in [0.717, 1.165) is 24.3 Å². The van der Waals surface area contributed by atoms with Crippen LogP contribution in [0.3, 0.4) is 0 Å². The van der Waals surface area contributed by atoms with Gasteiger partial charge in [-0.15, -0.1) is 0 Å². The maximum atomic E-state index is 13.3. The van der Waals surface area contributed by atoms with Gasteiger partial charge in [0.25, 0.3) is 0 Å². The molecular weight excluding hydrogens is 338 g/mol. The molecule has 0 atom stereocenters. The lowest BCUT2D eigenvalue weighted by Crippen LogP contribution is -2.37. The summed E-state index contributed by atoms with van der Waals surface area (Å²) in [6.45, 7) is 1.26. The summed E-state index contributed by atoms with van der Waals surface area (Å²) in [5, 5.41) is 0. The first kappa shape index (κ1) is 18.0. The molecule has 0 unspecified atom stereocenters. The fourth-order valence-corrected chi connectivity index (χ4v) is 3.12. The molecule has 8 heteroatoms. The van der Waals surface area contributed by atoms with Gasteiger partial charge in [-0.1, -0.05) is 6.07 Å². The summed E-state index contributed by atoms with van der Waals surface area (Å²) < 4.78 is 52.6. The number of carbonyl (C=O) groups is 1. The van der Waals surface area contributed by atoms with Gasteiger partial charge in [0, 0.05) is 25.7 Å². The molecule has 24 heavy (non-hydrogen) atoms. The highest BCUT2D eigenvalue weighted by atomic mass is 32.2. The first-order valence-corrected chi connectivity index (χ1v) is 8.57. The maximum absolute atomic E-state index is 13.3. The molecule has 0 saturated heterocycles. The quantitative estimate of drug-likeness (QED) is 0.866. The van der Waals surface area contributed by atoms with E-state index in [1.165, 1.54) is 30.0 Å². The monoisotopic (exact) mass is 354 g/mol. The van der Waals surface area contributed by atoms with E-state index in [2.05, 4.69) is 4.72 Å². The number of benzene rings is 2. The van der Waals surface area contributed by atoms with Crippen molar-refractivity contribution in [3.05, 3.63) is 60.2 Å². The highest BCUT2D eigenvalue weighted by molar-refractivity contribution is 7.89. The van der Waals surface area contributed by atoms with Gasteiger partial charge in [0.05, 0.1) is 4.90 Å². The number of halogens is 2. The standard InChI is InChI=1S/C16H16F2N2O3S/c1-12(21)20(15-4-2-3-14(18)11-15)10-9-19-24(22,23)16-7-5-13(17)6-8-16/h2-8,11,19H,9-10H2,1H3. The molecule has 0 aliphatic carbocycles. The summed E-state index contributed by atoms with van der Waals surface area (Å²) in [5.74, 6) is -1.38. The van der Waals surface area contributed by atoms with E-state index in [1.807, 2.05) is 0 Å². The average Bonchev–Trinajstić information content (AvgIpc) is 2.51. The van der Waals surface area contributed by atoms with Gasteiger partial charge in [-0.2, -0.15) is 0 Å². The summed E-state index contributed by atoms with van der Waals surface area (Å²) in [4.78, 5) is 12.9. The number of hydrogen-bond acceptors (Lipinski definition) is 3. The Morgan fingerprint density at radius 2 is 1.75 bits per heavy atom. The third-order valence-corrected chi connectivity index (χ3v) is 4.73. The molecular formula is C16H16F2N2O3S. The van der Waals surface area contributed by atoms with Crippen LogP contribution in [0.5, 0.6) is 0 Å². The van der Waals surface area contributed by atoms with Crippen LogP contribution in [0.25, 0.3) is 0 Å². The number of rotatable bonds is 6. The zero-order chi connectivity index (χ0) is 17.7. The average molecular weight is 354 g/mol. The zero-order valence-corrected chi connectivity index (χ0v) is 13.7. The normalized spacial score (nSPS) is 11.3. The third kappa shape index (κ3) is 4.59. The second-order valence-corrected chi connectivity index (χ2v) is 6.77. The number of carbonyl (C=O) groups excluding carboxylic acids is 1. The molecule has 0 fully saturated rings. The van der Waals surface area contributed by atoms with Crippen molar-refractivity contribution in [1.82, 2.24) is 4.72 Å². The van der Waals surface area contributed by atoms with Gasteiger partial charge in [-0.3, -0.25) is 4.79 Å². The Balaban J connectivity index is 2.05. The molecule has 1 amide bonds. The topological polar surface area (TPSA) is 66.5 Å². The zero-order valence-electron chi connectivity index (χ0n) is 12.9. The summed E-state index contributed by atoms with van der Waals surface area (Å²) >= 11 is 0. The summed E-state index contributed by atoms with van der Waals surface area (Å²) in [6.07, 6.45) is 0. The third-order valence-electron chi connectivity index (χ3n) is 3.25. The maximum Gasteiger partial charge on any atom is 0.240 e. The lowest BCUT2D eigenvalue weighted by Gasteiger charge is -2.21. The first-order valence-electron chi connectivity index (χ1n) is 7.08. The van der Waals surface area contributed by atoms with Crippen molar-refractivity contribution in [2.75, 3.05) is 18.0 Å². The van der Waals surface area contributed by atoms with Crippen molar-refractivity contribution in [3.8, 4) is 0 Å². The second-order valence-electron chi connectivity index (χ2n) is 5.00. The molecule has 0 aliphatic rings. The fourth-order valence-electron chi connectivity index (χ4n) is 2.10. The van der Waals surface area contributed by atoms with Crippen molar-refractivity contribution < 1.29 is 22.0 Å². The van der Waals surface area contributed by atoms with Crippen molar-refractivity contribution >= 4 is 21.6 Å². The fraction of sp³-hybridized carbons (Fsp3) is 0.188. The van der Waals surface area contributed by atoms with Crippen LogP contribution in [0.15, 0.2) is 53.4 Å². The highest BCUT2D eigenvalue weighted by Gasteiger charge is 2.16. The van der Waals surface area contributed by atoms with Crippen molar-refractivity contribution in [1.29, 1.82) is 0 Å². The van der Waals surface area contributed by atoms with E-state index in [0.29, 0.717) is 5.69 Å². The number of sulfonamides is 1. The lowest BCUT2D eigenvalue weighted by molar-refractivity contribution is -0.116. The Bertz CT molecular complexity index is 823. The van der Waals surface area contributed by atoms with Crippen LogP contribution < -0.4 is 9.62 Å². The molecule has 0 aliphatic heterocycles. The minimum Gasteiger partial charge on any atom is -0.311 e. The number of nitrogens with one attached hydrogen (secondary N) is 1. The number of nitrogens with zero attached hydrogens (tertiary/aromatic N) is 1. The van der Waals surface area contributed by atoms with Gasteiger partial charge in [0.15, 0.2) is 0 Å². The molecule has 1 N–H and O–H groups in total. The van der Waals surface area contributed by atoms with E-state index in [-0.39, 0.29) is 23.9 Å². The molecule has 0 heterocycles. The minimum absolute atomic E-state index is 0.0270. The Morgan fingerprint density at radius 3 is 2.33 bits per heavy atom. The molecule has 5 nitrogen and oxygen atoms in total. The van der Waals surface area contributed by atoms with Crippen LogP contribution in [-0.4, -0.2) is 27.4 Å². The van der Waals surface area contributed by atoms with Gasteiger partial charge in [0.1, 0.15) is 11.6 Å². The Kier molecular flexibility index (Phi) is 5.63. The van der Waals surface area contributed by atoms with Crippen LogP contribution in [0, 0.1) is 11.6 Å². The number of anilines is 1. The van der Waals surface area contributed by atoms with Gasteiger partial charge in [-0.25, -0.2) is 21.9 Å². The van der Waals surface area contributed by atoms with Gasteiger partial charge >= 0.3 is 0 Å². The van der Waals surface area contributed by atoms with E-state index < -0.39 is 21.7 Å². The smallest absolute Gasteiger partial charge is 0.240 e. The molecule has 0 saturated carbocycles. The summed E-state index contributed by atoms with van der Waals surface area (Å²) in [5.41, 5.74) is 0.337. The van der Waals surface area contributed by atoms with Gasteiger partial charge < -0.3 is 4.90 Å². The van der Waals surface area contributed by atoms with E-state index in [1.54, 1.807) is 6.07 Å². The first-order chi connectivity index (χ1) is 11.3. The van der Waals surface area contributed by atoms with Crippen LogP contribution >= 0.6 is 0 Å². The number of amides is 1. The minimum atomic E-state index is -3.82. The van der Waals surface area contributed by atoms with Crippen LogP contribution in [-0.2, 0) is 14.8 Å². The summed E-state index contributed by atoms with van der Waals surface area (Å²) in [6, 6.07) is 9.84. The predicted octanol–water partition coefficient (Wildman–Crippen LogP) is 2.30. The Morgan fingerprint density at radius 1 is 1.08 bits per heavy atom. The Labute approximate surface area is 139 Å². The van der Waals surface area contributed by atoms with Gasteiger partial charge in [0.2, 0.25) is 15.9 Å². The molecule has 0 spiro atoms. The highest BCUT2D eigenvalue weighted by Crippen LogP contribution is 2.15. The number of hydrogen-bond donors (Lipinski definition) is 1. The molecule has 2 aromatic carbocycles. The van der Waals surface area contributed by atoms with E-state index in [9.17, 15) is 22.0 Å². The predicted molar refractivity (Wildman–Crippen MR) is 86.0 cm³/mol. The van der Waals surface area contributed by atoms with Crippen LogP contribution in [0.4, 0.5) is 14.5 Å². The van der Waals surface area contributed by atoms with E-state index >= 15 is 0 Å². The molecule has 0 aromatic heterocycles. The van der Waals surface area contributed by atoms with Crippen molar-refractivity contribution in [3.63, 3.8) is 0 Å². The molecule has 0 bridgehead atoms. The largest absolute Gasteiger partial charge is 0.311 e. The molecule has 2 rings (SSSR count). The van der Waals surface area contributed by atoms with Gasteiger partial charge in [-0.05, 0) is 42.5 Å². The lowest BCUT2D eigenvalue weighted by atomic mass is 10.2. The Hall–Kier alpha value is -2.32. The van der Waals surface area contributed by atoms with Crippen LogP contribution in [0.2, 0.25) is 0 Å². The molecule has 2 aromatic rings.